The minimum absolute atomic E-state index is 0.000116. The molecule has 0 unspecified atom stereocenters. The number of carbonyl (C=O) groups is 1. The average molecular weight is 287 g/mol. The number of carboxylic acids is 1. The fourth-order valence-electron chi connectivity index (χ4n) is 1.46. The summed E-state index contributed by atoms with van der Waals surface area (Å²) in [7, 11) is -2.41. The summed E-state index contributed by atoms with van der Waals surface area (Å²) in [5, 5.41) is 8.94. The van der Waals surface area contributed by atoms with Crippen LogP contribution in [0.4, 0.5) is 0 Å². The first-order valence-electron chi connectivity index (χ1n) is 5.52. The van der Waals surface area contributed by atoms with E-state index in [1.165, 1.54) is 39.2 Å². The van der Waals surface area contributed by atoms with Crippen LogP contribution in [0.15, 0.2) is 23.1 Å². The van der Waals surface area contributed by atoms with Crippen molar-refractivity contribution in [1.29, 1.82) is 0 Å². The Morgan fingerprint density at radius 1 is 1.37 bits per heavy atom. The number of carboxylic acid groups (broad SMARTS) is 1. The molecular formula is C12H17NO5S. The number of hydrogen-bond acceptors (Lipinski definition) is 4. The van der Waals surface area contributed by atoms with Gasteiger partial charge in [0, 0.05) is 0 Å². The largest absolute Gasteiger partial charge is 0.496 e. The molecule has 19 heavy (non-hydrogen) atoms. The summed E-state index contributed by atoms with van der Waals surface area (Å²) in [6, 6.07) is 4.32. The molecule has 0 aromatic heterocycles. The molecule has 6 nitrogen and oxygen atoms in total. The van der Waals surface area contributed by atoms with Crippen molar-refractivity contribution in [2.45, 2.75) is 31.2 Å². The number of benzene rings is 1. The number of sulfonamides is 1. The molecule has 0 saturated heterocycles. The molecule has 0 aliphatic rings. The van der Waals surface area contributed by atoms with Gasteiger partial charge in [-0.05, 0) is 44.5 Å². The van der Waals surface area contributed by atoms with Crippen molar-refractivity contribution in [3.8, 4) is 5.75 Å². The van der Waals surface area contributed by atoms with Crippen LogP contribution in [-0.2, 0) is 14.8 Å². The maximum Gasteiger partial charge on any atom is 0.324 e. The van der Waals surface area contributed by atoms with Crippen LogP contribution in [0.2, 0.25) is 0 Å². The molecule has 7 heteroatoms. The van der Waals surface area contributed by atoms with Gasteiger partial charge in [-0.15, -0.1) is 0 Å². The zero-order chi connectivity index (χ0) is 14.8. The maximum atomic E-state index is 12.1. The lowest BCUT2D eigenvalue weighted by molar-refractivity contribution is -0.142. The highest BCUT2D eigenvalue weighted by Gasteiger charge is 2.33. The van der Waals surface area contributed by atoms with E-state index >= 15 is 0 Å². The van der Waals surface area contributed by atoms with E-state index in [1.54, 1.807) is 6.92 Å². The van der Waals surface area contributed by atoms with Gasteiger partial charge in [-0.1, -0.05) is 0 Å². The van der Waals surface area contributed by atoms with E-state index in [9.17, 15) is 13.2 Å². The van der Waals surface area contributed by atoms with Gasteiger partial charge in [0.2, 0.25) is 10.0 Å². The fourth-order valence-corrected chi connectivity index (χ4v) is 2.91. The number of rotatable bonds is 5. The Kier molecular flexibility index (Phi) is 4.21. The van der Waals surface area contributed by atoms with E-state index in [0.29, 0.717) is 11.3 Å². The van der Waals surface area contributed by atoms with Crippen LogP contribution in [0.3, 0.4) is 0 Å². The molecule has 1 aromatic carbocycles. The second kappa shape index (κ2) is 5.18. The topological polar surface area (TPSA) is 92.7 Å². The second-order valence-corrected chi connectivity index (χ2v) is 6.35. The molecular weight excluding hydrogens is 270 g/mol. The first-order chi connectivity index (χ1) is 8.60. The van der Waals surface area contributed by atoms with Crippen molar-refractivity contribution in [3.63, 3.8) is 0 Å². The Morgan fingerprint density at radius 3 is 2.37 bits per heavy atom. The number of ether oxygens (including phenoxy) is 1. The van der Waals surface area contributed by atoms with Crippen molar-refractivity contribution < 1.29 is 23.1 Å². The van der Waals surface area contributed by atoms with Gasteiger partial charge in [-0.3, -0.25) is 4.79 Å². The number of methoxy groups -OCH3 is 1. The van der Waals surface area contributed by atoms with Crippen molar-refractivity contribution in [2.75, 3.05) is 7.11 Å². The van der Waals surface area contributed by atoms with Crippen LogP contribution in [0.5, 0.6) is 5.75 Å². The molecule has 0 amide bonds. The fraction of sp³-hybridized carbons (Fsp3) is 0.417. The van der Waals surface area contributed by atoms with Crippen LogP contribution in [0, 0.1) is 6.92 Å². The average Bonchev–Trinajstić information content (AvgIpc) is 2.27. The Bertz CT molecular complexity index is 592. The molecule has 0 saturated carbocycles. The van der Waals surface area contributed by atoms with Crippen LogP contribution in [0.1, 0.15) is 19.4 Å². The van der Waals surface area contributed by atoms with E-state index in [0.717, 1.165) is 0 Å². The molecule has 0 aliphatic heterocycles. The number of nitrogens with one attached hydrogen (secondary N) is 1. The summed E-state index contributed by atoms with van der Waals surface area (Å²) >= 11 is 0. The summed E-state index contributed by atoms with van der Waals surface area (Å²) in [6.07, 6.45) is 0. The Hall–Kier alpha value is -1.60. The van der Waals surface area contributed by atoms with E-state index < -0.39 is 21.5 Å². The van der Waals surface area contributed by atoms with Gasteiger partial charge in [-0.25, -0.2) is 8.42 Å². The van der Waals surface area contributed by atoms with Gasteiger partial charge in [-0.2, -0.15) is 4.72 Å². The molecule has 0 fully saturated rings. The number of hydrogen-bond donors (Lipinski definition) is 2. The normalized spacial score (nSPS) is 12.2. The maximum absolute atomic E-state index is 12.1. The third kappa shape index (κ3) is 3.45. The molecule has 0 spiro atoms. The van der Waals surface area contributed by atoms with Gasteiger partial charge in [0.25, 0.3) is 0 Å². The first-order valence-corrected chi connectivity index (χ1v) is 7.00. The lowest BCUT2D eigenvalue weighted by atomic mass is 10.1. The molecule has 0 radical (unpaired) electrons. The second-order valence-electron chi connectivity index (χ2n) is 4.67. The van der Waals surface area contributed by atoms with Crippen molar-refractivity contribution in [1.82, 2.24) is 4.72 Å². The van der Waals surface area contributed by atoms with Crippen molar-refractivity contribution in [3.05, 3.63) is 23.8 Å². The summed E-state index contributed by atoms with van der Waals surface area (Å²) < 4.78 is 31.4. The zero-order valence-electron chi connectivity index (χ0n) is 11.2. The summed E-state index contributed by atoms with van der Waals surface area (Å²) in [5.74, 6) is -0.683. The highest BCUT2D eigenvalue weighted by molar-refractivity contribution is 7.89. The van der Waals surface area contributed by atoms with Crippen LogP contribution in [-0.4, -0.2) is 32.1 Å². The molecule has 0 bridgehead atoms. The van der Waals surface area contributed by atoms with Gasteiger partial charge >= 0.3 is 5.97 Å². The van der Waals surface area contributed by atoms with Crippen LogP contribution < -0.4 is 9.46 Å². The van der Waals surface area contributed by atoms with Crippen molar-refractivity contribution >= 4 is 16.0 Å². The lowest BCUT2D eigenvalue weighted by Gasteiger charge is -2.21. The molecule has 0 aliphatic carbocycles. The summed E-state index contributed by atoms with van der Waals surface area (Å²) in [6.45, 7) is 4.27. The molecule has 1 rings (SSSR count). The summed E-state index contributed by atoms with van der Waals surface area (Å²) in [5.41, 5.74) is -0.925. The van der Waals surface area contributed by atoms with Gasteiger partial charge in [0.1, 0.15) is 11.3 Å². The van der Waals surface area contributed by atoms with Gasteiger partial charge in [0.15, 0.2) is 0 Å². The zero-order valence-corrected chi connectivity index (χ0v) is 12.0. The lowest BCUT2D eigenvalue weighted by Crippen LogP contribution is -2.49. The minimum Gasteiger partial charge on any atom is -0.496 e. The Morgan fingerprint density at radius 2 is 1.95 bits per heavy atom. The number of aryl methyl sites for hydroxylation is 1. The highest BCUT2D eigenvalue weighted by atomic mass is 32.2. The smallest absolute Gasteiger partial charge is 0.324 e. The Labute approximate surface area is 112 Å². The minimum atomic E-state index is -3.90. The SMILES string of the molecule is COc1ccc(S(=O)(=O)NC(C)(C)C(=O)O)cc1C. The molecule has 2 N–H and O–H groups in total. The highest BCUT2D eigenvalue weighted by Crippen LogP contribution is 2.22. The third-order valence-electron chi connectivity index (χ3n) is 2.60. The Balaban J connectivity index is 3.15. The van der Waals surface area contributed by atoms with Crippen LogP contribution in [0.25, 0.3) is 0 Å². The van der Waals surface area contributed by atoms with E-state index in [4.69, 9.17) is 9.84 Å². The summed E-state index contributed by atoms with van der Waals surface area (Å²) in [4.78, 5) is 11.0. The van der Waals surface area contributed by atoms with Gasteiger partial charge < -0.3 is 9.84 Å². The van der Waals surface area contributed by atoms with E-state index in [-0.39, 0.29) is 4.90 Å². The van der Waals surface area contributed by atoms with Crippen molar-refractivity contribution in [2.24, 2.45) is 0 Å². The molecule has 0 atom stereocenters. The predicted octanol–water partition coefficient (Wildman–Crippen LogP) is 1.15. The third-order valence-corrected chi connectivity index (χ3v) is 4.25. The first kappa shape index (κ1) is 15.5. The molecule has 106 valence electrons. The van der Waals surface area contributed by atoms with Crippen LogP contribution >= 0.6 is 0 Å². The molecule has 0 heterocycles. The van der Waals surface area contributed by atoms with E-state index in [2.05, 4.69) is 4.72 Å². The number of aliphatic carboxylic acids is 1. The monoisotopic (exact) mass is 287 g/mol. The molecule has 1 aromatic rings. The predicted molar refractivity (Wildman–Crippen MR) is 69.8 cm³/mol. The van der Waals surface area contributed by atoms with E-state index in [1.807, 2.05) is 0 Å². The quantitative estimate of drug-likeness (QED) is 0.847. The van der Waals surface area contributed by atoms with Gasteiger partial charge in [0.05, 0.1) is 12.0 Å². The standard InChI is InChI=1S/C12H17NO5S/c1-8-7-9(5-6-10(8)18-4)19(16,17)13-12(2,3)11(14)15/h5-7,13H,1-4H3,(H,14,15).